The maximum Gasteiger partial charge on any atom is 0.339 e. The number of nitrogens with zero attached hydrogens (tertiary/aromatic N) is 2. The van der Waals surface area contributed by atoms with Gasteiger partial charge in [0, 0.05) is 25.0 Å². The van der Waals surface area contributed by atoms with Crippen molar-refractivity contribution in [1.82, 2.24) is 4.98 Å². The lowest BCUT2D eigenvalue weighted by Gasteiger charge is -2.30. The number of aromatic nitrogens is 1. The molecular weight excluding hydrogens is 204 g/mol. The quantitative estimate of drug-likeness (QED) is 0.831. The van der Waals surface area contributed by atoms with Crippen molar-refractivity contribution in [2.45, 2.75) is 33.2 Å². The van der Waals surface area contributed by atoms with E-state index < -0.39 is 5.97 Å². The summed E-state index contributed by atoms with van der Waals surface area (Å²) in [5, 5.41) is 9.10. The molecule has 0 aromatic carbocycles. The zero-order valence-electron chi connectivity index (χ0n) is 9.97. The lowest BCUT2D eigenvalue weighted by Crippen LogP contribution is -2.33. The van der Waals surface area contributed by atoms with Crippen molar-refractivity contribution in [2.75, 3.05) is 11.4 Å². The van der Waals surface area contributed by atoms with Gasteiger partial charge >= 0.3 is 5.97 Å². The Morgan fingerprint density at radius 2 is 2.25 bits per heavy atom. The van der Waals surface area contributed by atoms with Gasteiger partial charge in [0.05, 0.1) is 5.69 Å². The van der Waals surface area contributed by atoms with Gasteiger partial charge in [-0.15, -0.1) is 0 Å². The van der Waals surface area contributed by atoms with Gasteiger partial charge in [-0.3, -0.25) is 4.98 Å². The molecule has 0 aliphatic carbocycles. The average Bonchev–Trinajstić information content (AvgIpc) is 2.30. The third kappa shape index (κ3) is 2.51. The van der Waals surface area contributed by atoms with Crippen LogP contribution in [0.15, 0.2) is 18.5 Å². The lowest BCUT2D eigenvalue weighted by atomic mass is 10.1. The second-order valence-electron chi connectivity index (χ2n) is 3.74. The predicted molar refractivity (Wildman–Crippen MR) is 64.0 cm³/mol. The Morgan fingerprint density at radius 3 is 2.75 bits per heavy atom. The Balaban J connectivity index is 3.14. The summed E-state index contributed by atoms with van der Waals surface area (Å²) >= 11 is 0. The van der Waals surface area contributed by atoms with Gasteiger partial charge in [0.1, 0.15) is 5.56 Å². The Bertz CT molecular complexity index is 366. The normalized spacial score (nSPS) is 12.2. The number of hydrogen-bond donors (Lipinski definition) is 1. The van der Waals surface area contributed by atoms with Crippen LogP contribution in [-0.2, 0) is 0 Å². The molecular formula is C12H18N2O2. The average molecular weight is 222 g/mol. The van der Waals surface area contributed by atoms with E-state index in [1.807, 2.05) is 6.92 Å². The molecule has 1 N–H and O–H groups in total. The molecule has 88 valence electrons. The van der Waals surface area contributed by atoms with E-state index in [9.17, 15) is 4.79 Å². The highest BCUT2D eigenvalue weighted by molar-refractivity contribution is 5.94. The molecule has 0 bridgehead atoms. The molecule has 1 heterocycles. The van der Waals surface area contributed by atoms with Gasteiger partial charge in [0.25, 0.3) is 0 Å². The summed E-state index contributed by atoms with van der Waals surface area (Å²) in [5.74, 6) is -0.926. The molecule has 4 heteroatoms. The summed E-state index contributed by atoms with van der Waals surface area (Å²) in [4.78, 5) is 17.0. The Hall–Kier alpha value is -1.58. The lowest BCUT2D eigenvalue weighted by molar-refractivity contribution is 0.0697. The first-order valence-electron chi connectivity index (χ1n) is 5.55. The van der Waals surface area contributed by atoms with E-state index in [0.29, 0.717) is 6.04 Å². The Morgan fingerprint density at radius 1 is 1.56 bits per heavy atom. The maximum atomic E-state index is 11.1. The van der Waals surface area contributed by atoms with Gasteiger partial charge in [0.15, 0.2) is 0 Å². The fourth-order valence-electron chi connectivity index (χ4n) is 1.74. The van der Waals surface area contributed by atoms with Crippen LogP contribution in [0.4, 0.5) is 5.69 Å². The SMILES string of the molecule is CCC(C)N(CC)c1ccncc1C(=O)O. The second-order valence-corrected chi connectivity index (χ2v) is 3.74. The minimum atomic E-state index is -0.926. The first-order chi connectivity index (χ1) is 7.61. The number of hydrogen-bond acceptors (Lipinski definition) is 3. The van der Waals surface area contributed by atoms with E-state index in [1.54, 1.807) is 12.3 Å². The molecule has 0 radical (unpaired) electrons. The molecule has 0 saturated heterocycles. The molecule has 0 fully saturated rings. The standard InChI is InChI=1S/C12H18N2O2/c1-4-9(3)14(5-2)11-6-7-13-8-10(11)12(15)16/h6-9H,4-5H2,1-3H3,(H,15,16). The van der Waals surface area contributed by atoms with Gasteiger partial charge in [-0.1, -0.05) is 6.92 Å². The van der Waals surface area contributed by atoms with E-state index in [1.165, 1.54) is 6.20 Å². The van der Waals surface area contributed by atoms with E-state index in [2.05, 4.69) is 23.7 Å². The first kappa shape index (κ1) is 12.5. The van der Waals surface area contributed by atoms with Gasteiger partial charge < -0.3 is 10.0 Å². The van der Waals surface area contributed by atoms with Crippen LogP contribution in [0.2, 0.25) is 0 Å². The van der Waals surface area contributed by atoms with Crippen molar-refractivity contribution in [3.05, 3.63) is 24.0 Å². The van der Waals surface area contributed by atoms with E-state index in [-0.39, 0.29) is 5.56 Å². The minimum Gasteiger partial charge on any atom is -0.478 e. The molecule has 1 rings (SSSR count). The van der Waals surface area contributed by atoms with Crippen LogP contribution in [0.25, 0.3) is 0 Å². The topological polar surface area (TPSA) is 53.4 Å². The summed E-state index contributed by atoms with van der Waals surface area (Å²) in [5.41, 5.74) is 1.02. The molecule has 1 aromatic rings. The third-order valence-electron chi connectivity index (χ3n) is 2.80. The number of aromatic carboxylic acids is 1. The zero-order valence-corrected chi connectivity index (χ0v) is 9.97. The summed E-state index contributed by atoms with van der Waals surface area (Å²) in [6.07, 6.45) is 4.02. The number of anilines is 1. The number of pyridine rings is 1. The van der Waals surface area contributed by atoms with Crippen molar-refractivity contribution in [3.8, 4) is 0 Å². The van der Waals surface area contributed by atoms with Crippen LogP contribution in [0.3, 0.4) is 0 Å². The van der Waals surface area contributed by atoms with Gasteiger partial charge in [-0.2, -0.15) is 0 Å². The van der Waals surface area contributed by atoms with Crippen LogP contribution in [0.5, 0.6) is 0 Å². The monoisotopic (exact) mass is 222 g/mol. The van der Waals surface area contributed by atoms with E-state index >= 15 is 0 Å². The predicted octanol–water partition coefficient (Wildman–Crippen LogP) is 2.40. The molecule has 4 nitrogen and oxygen atoms in total. The Kier molecular flexibility index (Phi) is 4.28. The highest BCUT2D eigenvalue weighted by atomic mass is 16.4. The van der Waals surface area contributed by atoms with Crippen LogP contribution in [0, 0.1) is 0 Å². The van der Waals surface area contributed by atoms with Gasteiger partial charge in [-0.25, -0.2) is 4.79 Å². The molecule has 0 aliphatic heterocycles. The molecule has 0 amide bonds. The van der Waals surface area contributed by atoms with Crippen LogP contribution in [-0.4, -0.2) is 28.6 Å². The third-order valence-corrected chi connectivity index (χ3v) is 2.80. The number of carboxylic acids is 1. The minimum absolute atomic E-state index is 0.268. The molecule has 16 heavy (non-hydrogen) atoms. The van der Waals surface area contributed by atoms with Gasteiger partial charge in [-0.05, 0) is 26.3 Å². The number of carboxylic acid groups (broad SMARTS) is 1. The van der Waals surface area contributed by atoms with Crippen LogP contribution in [0.1, 0.15) is 37.6 Å². The molecule has 1 atom stereocenters. The highest BCUT2D eigenvalue weighted by Crippen LogP contribution is 2.22. The zero-order chi connectivity index (χ0) is 12.1. The van der Waals surface area contributed by atoms with Crippen molar-refractivity contribution < 1.29 is 9.90 Å². The first-order valence-corrected chi connectivity index (χ1v) is 5.55. The largest absolute Gasteiger partial charge is 0.478 e. The summed E-state index contributed by atoms with van der Waals surface area (Å²) in [6.45, 7) is 7.00. The maximum absolute atomic E-state index is 11.1. The number of carbonyl (C=O) groups is 1. The Labute approximate surface area is 95.9 Å². The molecule has 1 unspecified atom stereocenters. The highest BCUT2D eigenvalue weighted by Gasteiger charge is 2.18. The number of rotatable bonds is 5. The van der Waals surface area contributed by atoms with Crippen LogP contribution >= 0.6 is 0 Å². The summed E-state index contributed by atoms with van der Waals surface area (Å²) < 4.78 is 0. The fraction of sp³-hybridized carbons (Fsp3) is 0.500. The van der Waals surface area contributed by atoms with Crippen molar-refractivity contribution in [2.24, 2.45) is 0 Å². The van der Waals surface area contributed by atoms with Crippen molar-refractivity contribution in [3.63, 3.8) is 0 Å². The fourth-order valence-corrected chi connectivity index (χ4v) is 1.74. The van der Waals surface area contributed by atoms with Crippen molar-refractivity contribution in [1.29, 1.82) is 0 Å². The van der Waals surface area contributed by atoms with E-state index in [0.717, 1.165) is 18.7 Å². The summed E-state index contributed by atoms with van der Waals surface area (Å²) in [6, 6.07) is 2.09. The molecule has 0 aliphatic rings. The molecule has 1 aromatic heterocycles. The summed E-state index contributed by atoms with van der Waals surface area (Å²) in [7, 11) is 0. The van der Waals surface area contributed by atoms with E-state index in [4.69, 9.17) is 5.11 Å². The molecule has 0 spiro atoms. The molecule has 0 saturated carbocycles. The van der Waals surface area contributed by atoms with Gasteiger partial charge in [0.2, 0.25) is 0 Å². The van der Waals surface area contributed by atoms with Crippen LogP contribution < -0.4 is 4.90 Å². The second kappa shape index (κ2) is 5.49. The smallest absolute Gasteiger partial charge is 0.339 e. The van der Waals surface area contributed by atoms with Crippen molar-refractivity contribution >= 4 is 11.7 Å².